The molecule has 2 aliphatic rings. The molecule has 0 spiro atoms. The van der Waals surface area contributed by atoms with E-state index in [-0.39, 0.29) is 17.2 Å². The zero-order valence-electron chi connectivity index (χ0n) is 19.8. The van der Waals surface area contributed by atoms with Gasteiger partial charge in [-0.25, -0.2) is 13.4 Å². The van der Waals surface area contributed by atoms with Gasteiger partial charge in [0.1, 0.15) is 17.2 Å². The molecule has 1 unspecified atom stereocenters. The molecule has 184 valence electrons. The van der Waals surface area contributed by atoms with E-state index in [0.29, 0.717) is 28.8 Å². The highest BCUT2D eigenvalue weighted by Gasteiger charge is 2.37. The van der Waals surface area contributed by atoms with E-state index in [2.05, 4.69) is 9.97 Å². The molecule has 3 heterocycles. The van der Waals surface area contributed by atoms with E-state index < -0.39 is 9.84 Å². The smallest absolute Gasteiger partial charge is 0.219 e. The van der Waals surface area contributed by atoms with Gasteiger partial charge in [-0.15, -0.1) is 0 Å². The predicted octanol–water partition coefficient (Wildman–Crippen LogP) is 5.04. The van der Waals surface area contributed by atoms with Crippen LogP contribution in [-0.2, 0) is 14.6 Å². The van der Waals surface area contributed by atoms with Crippen molar-refractivity contribution in [2.45, 2.75) is 48.8 Å². The van der Waals surface area contributed by atoms with Crippen LogP contribution >= 0.6 is 0 Å². The number of nitrogens with zero attached hydrogens (tertiary/aromatic N) is 3. The summed E-state index contributed by atoms with van der Waals surface area (Å²) in [7, 11) is -3.27. The Bertz CT molecular complexity index is 1540. The van der Waals surface area contributed by atoms with Gasteiger partial charge in [0, 0.05) is 31.3 Å². The number of fused-ring (bicyclic) bond motifs is 1. The van der Waals surface area contributed by atoms with Crippen molar-refractivity contribution in [3.63, 3.8) is 0 Å². The van der Waals surface area contributed by atoms with Crippen LogP contribution in [0.25, 0.3) is 22.6 Å². The molecule has 8 nitrogen and oxygen atoms in total. The molecule has 0 radical (unpaired) electrons. The molecule has 1 aliphatic carbocycles. The Morgan fingerprint density at radius 3 is 2.58 bits per heavy atom. The molecule has 1 saturated heterocycles. The molecule has 1 saturated carbocycles. The van der Waals surface area contributed by atoms with Crippen LogP contribution in [0.5, 0.6) is 11.5 Å². The van der Waals surface area contributed by atoms with Crippen LogP contribution in [0.3, 0.4) is 0 Å². The van der Waals surface area contributed by atoms with E-state index in [4.69, 9.17) is 9.72 Å². The van der Waals surface area contributed by atoms with Crippen LogP contribution in [0.4, 0.5) is 0 Å². The summed E-state index contributed by atoms with van der Waals surface area (Å²) in [4.78, 5) is 27.0. The topological polar surface area (TPSA) is 105 Å². The fraction of sp³-hybridized carbons (Fsp3) is 0.296. The second-order valence-corrected chi connectivity index (χ2v) is 11.6. The minimum absolute atomic E-state index is 0.0250. The van der Waals surface area contributed by atoms with Gasteiger partial charge in [0.25, 0.3) is 0 Å². The Balaban J connectivity index is 1.40. The molecular weight excluding hydrogens is 476 g/mol. The van der Waals surface area contributed by atoms with E-state index in [1.165, 1.54) is 0 Å². The fourth-order valence-electron chi connectivity index (χ4n) is 4.89. The van der Waals surface area contributed by atoms with Gasteiger partial charge < -0.3 is 14.6 Å². The number of hydrogen-bond acceptors (Lipinski definition) is 6. The quantitative estimate of drug-likeness (QED) is 0.396. The fourth-order valence-corrected chi connectivity index (χ4v) is 6.55. The molecule has 1 aliphatic heterocycles. The van der Waals surface area contributed by atoms with Crippen molar-refractivity contribution in [1.82, 2.24) is 19.9 Å². The minimum atomic E-state index is -3.27. The van der Waals surface area contributed by atoms with Crippen molar-refractivity contribution in [3.8, 4) is 23.0 Å². The van der Waals surface area contributed by atoms with Crippen LogP contribution in [0.2, 0.25) is 0 Å². The first kappa shape index (κ1) is 22.7. The van der Waals surface area contributed by atoms with Crippen molar-refractivity contribution < 1.29 is 17.9 Å². The van der Waals surface area contributed by atoms with Gasteiger partial charge in [-0.2, -0.15) is 0 Å². The highest BCUT2D eigenvalue weighted by atomic mass is 32.2. The molecular formula is C27H26N4O4S. The van der Waals surface area contributed by atoms with Gasteiger partial charge in [-0.3, -0.25) is 9.78 Å². The number of sulfone groups is 1. The lowest BCUT2D eigenvalue weighted by molar-refractivity contribution is -0.129. The molecule has 6 rings (SSSR count). The maximum atomic E-state index is 12.6. The lowest BCUT2D eigenvalue weighted by atomic mass is 10.0. The minimum Gasteiger partial charge on any atom is -0.457 e. The molecule has 2 aromatic heterocycles. The number of carbonyl (C=O) groups is 1. The summed E-state index contributed by atoms with van der Waals surface area (Å²) < 4.78 is 31.4. The molecule has 1 amide bonds. The van der Waals surface area contributed by atoms with Crippen molar-refractivity contribution >= 4 is 26.8 Å². The van der Waals surface area contributed by atoms with Gasteiger partial charge in [0.05, 0.1) is 27.2 Å². The van der Waals surface area contributed by atoms with Crippen molar-refractivity contribution in [3.05, 3.63) is 66.4 Å². The SMILES string of the molecule is CC(=O)N1CCCC1c1cc2[nH]c(-c3ccccn3)nc2cc1Oc1ccc(S(=O)(=O)C2CC2)cc1. The number of hydrogen-bond donors (Lipinski definition) is 1. The highest BCUT2D eigenvalue weighted by Crippen LogP contribution is 2.41. The third-order valence-corrected chi connectivity index (χ3v) is 9.16. The first-order valence-corrected chi connectivity index (χ1v) is 13.7. The summed E-state index contributed by atoms with van der Waals surface area (Å²) in [6.07, 6.45) is 4.92. The van der Waals surface area contributed by atoms with E-state index in [1.807, 2.05) is 35.2 Å². The second-order valence-electron chi connectivity index (χ2n) is 9.40. The van der Waals surface area contributed by atoms with Gasteiger partial charge in [-0.05, 0) is 68.1 Å². The average molecular weight is 503 g/mol. The lowest BCUT2D eigenvalue weighted by Gasteiger charge is -2.25. The molecule has 0 bridgehead atoms. The van der Waals surface area contributed by atoms with Crippen LogP contribution < -0.4 is 4.74 Å². The van der Waals surface area contributed by atoms with Gasteiger partial charge >= 0.3 is 0 Å². The maximum absolute atomic E-state index is 12.6. The van der Waals surface area contributed by atoms with Crippen molar-refractivity contribution in [1.29, 1.82) is 0 Å². The van der Waals surface area contributed by atoms with Crippen LogP contribution in [0.1, 0.15) is 44.2 Å². The number of likely N-dealkylation sites (tertiary alicyclic amines) is 1. The zero-order valence-corrected chi connectivity index (χ0v) is 20.7. The number of rotatable bonds is 6. The Labute approximate surface area is 209 Å². The van der Waals surface area contributed by atoms with E-state index >= 15 is 0 Å². The van der Waals surface area contributed by atoms with Crippen molar-refractivity contribution in [2.24, 2.45) is 0 Å². The Hall–Kier alpha value is -3.72. The largest absolute Gasteiger partial charge is 0.457 e. The molecule has 4 aromatic rings. The zero-order chi connectivity index (χ0) is 24.9. The Morgan fingerprint density at radius 2 is 1.89 bits per heavy atom. The Morgan fingerprint density at radius 1 is 1.08 bits per heavy atom. The summed E-state index contributed by atoms with van der Waals surface area (Å²) >= 11 is 0. The summed E-state index contributed by atoms with van der Waals surface area (Å²) in [5.41, 5.74) is 3.17. The lowest BCUT2D eigenvalue weighted by Crippen LogP contribution is -2.28. The summed E-state index contributed by atoms with van der Waals surface area (Å²) in [6, 6.07) is 16.0. The monoisotopic (exact) mass is 502 g/mol. The van der Waals surface area contributed by atoms with Gasteiger partial charge in [0.15, 0.2) is 15.7 Å². The predicted molar refractivity (Wildman–Crippen MR) is 135 cm³/mol. The average Bonchev–Trinajstić information content (AvgIpc) is 3.49. The molecule has 9 heteroatoms. The molecule has 36 heavy (non-hydrogen) atoms. The van der Waals surface area contributed by atoms with Crippen molar-refractivity contribution in [2.75, 3.05) is 6.54 Å². The number of ether oxygens (including phenoxy) is 1. The first-order valence-electron chi connectivity index (χ1n) is 12.1. The number of carbonyl (C=O) groups excluding carboxylic acids is 1. The van der Waals surface area contributed by atoms with E-state index in [0.717, 1.165) is 48.0 Å². The number of aromatic nitrogens is 3. The summed E-state index contributed by atoms with van der Waals surface area (Å²) in [5.74, 6) is 1.80. The van der Waals surface area contributed by atoms with Crippen LogP contribution in [0, 0.1) is 0 Å². The Kier molecular flexibility index (Phi) is 5.52. The van der Waals surface area contributed by atoms with Crippen LogP contribution in [0.15, 0.2) is 65.7 Å². The number of pyridine rings is 1. The number of aromatic amines is 1. The van der Waals surface area contributed by atoms with E-state index in [9.17, 15) is 13.2 Å². The second kappa shape index (κ2) is 8.74. The number of H-pyrrole nitrogens is 1. The third-order valence-electron chi connectivity index (χ3n) is 6.88. The molecule has 1 N–H and O–H groups in total. The third kappa shape index (κ3) is 4.13. The summed E-state index contributed by atoms with van der Waals surface area (Å²) in [6.45, 7) is 2.29. The normalized spacial score (nSPS) is 18.0. The number of amides is 1. The summed E-state index contributed by atoms with van der Waals surface area (Å²) in [5, 5.41) is -0.258. The first-order chi connectivity index (χ1) is 17.4. The van der Waals surface area contributed by atoms with E-state index in [1.54, 1.807) is 37.4 Å². The number of imidazole rings is 1. The van der Waals surface area contributed by atoms with Crippen LogP contribution in [-0.4, -0.2) is 46.0 Å². The molecule has 2 aromatic carbocycles. The number of benzene rings is 2. The standard InChI is InChI=1S/C27H26N4O4S/c1-17(32)31-14-4-6-25(31)21-15-23-24(30-27(29-23)22-5-2-3-13-28-22)16-26(21)35-18-7-9-19(10-8-18)36(33,34)20-11-12-20/h2-3,5,7-10,13,15-16,20,25H,4,6,11-12,14H2,1H3,(H,29,30). The molecule has 1 atom stereocenters. The van der Waals surface area contributed by atoms with Gasteiger partial charge in [-0.1, -0.05) is 6.07 Å². The maximum Gasteiger partial charge on any atom is 0.219 e. The highest BCUT2D eigenvalue weighted by molar-refractivity contribution is 7.92. The number of nitrogens with one attached hydrogen (secondary N) is 1. The molecule has 2 fully saturated rings. The van der Waals surface area contributed by atoms with Gasteiger partial charge in [0.2, 0.25) is 5.91 Å².